The summed E-state index contributed by atoms with van der Waals surface area (Å²) in [6, 6.07) is 1.81. The predicted octanol–water partition coefficient (Wildman–Crippen LogP) is 1.41. The Morgan fingerprint density at radius 2 is 2.25 bits per heavy atom. The molecular formula is C11H11N5. The molecule has 0 saturated heterocycles. The highest BCUT2D eigenvalue weighted by Crippen LogP contribution is 2.25. The molecule has 0 aliphatic carbocycles. The fourth-order valence-electron chi connectivity index (χ4n) is 1.81. The molecule has 5 heteroatoms. The SMILES string of the molecule is [3H]c1nc2c(cc1C)nc(N)c1cn(C)nc12. The van der Waals surface area contributed by atoms with E-state index in [1.54, 1.807) is 4.68 Å². The van der Waals surface area contributed by atoms with Crippen LogP contribution in [0.1, 0.15) is 6.93 Å². The van der Waals surface area contributed by atoms with Crippen LogP contribution in [0.5, 0.6) is 0 Å². The van der Waals surface area contributed by atoms with E-state index < -0.39 is 0 Å². The Hall–Kier alpha value is -2.17. The number of aryl methyl sites for hydroxylation is 2. The number of anilines is 1. The van der Waals surface area contributed by atoms with Gasteiger partial charge in [-0.05, 0) is 18.6 Å². The summed E-state index contributed by atoms with van der Waals surface area (Å²) in [7, 11) is 1.82. The fourth-order valence-corrected chi connectivity index (χ4v) is 1.81. The van der Waals surface area contributed by atoms with Gasteiger partial charge in [-0.1, -0.05) is 0 Å². The average molecular weight is 215 g/mol. The first kappa shape index (κ1) is 8.04. The van der Waals surface area contributed by atoms with Gasteiger partial charge in [0, 0.05) is 19.4 Å². The molecule has 0 aliphatic heterocycles. The third-order valence-electron chi connectivity index (χ3n) is 2.51. The van der Waals surface area contributed by atoms with Gasteiger partial charge in [0.2, 0.25) is 0 Å². The van der Waals surface area contributed by atoms with Gasteiger partial charge in [-0.2, -0.15) is 5.10 Å². The first-order valence-electron chi connectivity index (χ1n) is 5.43. The van der Waals surface area contributed by atoms with Gasteiger partial charge in [0.25, 0.3) is 0 Å². The standard InChI is InChI=1S/C11H11N5/c1-6-3-8-10(13-4-6)9-7(11(12)14-8)5-16(2)15-9/h3-5H,1-2H3,(H2,12,14)/i4T. The highest BCUT2D eigenvalue weighted by atomic mass is 15.2. The number of pyridine rings is 2. The van der Waals surface area contributed by atoms with Crippen molar-refractivity contribution in [1.82, 2.24) is 19.7 Å². The number of nitrogens with two attached hydrogens (primary N) is 1. The van der Waals surface area contributed by atoms with Crippen molar-refractivity contribution < 1.29 is 1.37 Å². The van der Waals surface area contributed by atoms with Crippen LogP contribution in [0.15, 0.2) is 18.4 Å². The molecule has 0 aromatic carbocycles. The van der Waals surface area contributed by atoms with E-state index in [4.69, 9.17) is 7.10 Å². The van der Waals surface area contributed by atoms with E-state index in [0.717, 1.165) is 10.9 Å². The van der Waals surface area contributed by atoms with E-state index in [0.29, 0.717) is 22.4 Å². The highest BCUT2D eigenvalue weighted by Gasteiger charge is 2.10. The summed E-state index contributed by atoms with van der Waals surface area (Å²) in [4.78, 5) is 8.53. The Morgan fingerprint density at radius 3 is 3.06 bits per heavy atom. The highest BCUT2D eigenvalue weighted by molar-refractivity contribution is 6.05. The number of fused-ring (bicyclic) bond motifs is 3. The summed E-state index contributed by atoms with van der Waals surface area (Å²) in [6.45, 7) is 1.83. The predicted molar refractivity (Wildman–Crippen MR) is 63.0 cm³/mol. The van der Waals surface area contributed by atoms with Crippen LogP contribution in [0.25, 0.3) is 21.9 Å². The molecular weight excluding hydrogens is 202 g/mol. The molecule has 80 valence electrons. The van der Waals surface area contributed by atoms with Gasteiger partial charge < -0.3 is 5.73 Å². The molecule has 2 N–H and O–H groups in total. The second-order valence-electron chi connectivity index (χ2n) is 3.85. The number of hydrogen-bond acceptors (Lipinski definition) is 4. The molecule has 3 aromatic heterocycles. The van der Waals surface area contributed by atoms with E-state index in [2.05, 4.69) is 15.1 Å². The van der Waals surface area contributed by atoms with Crippen molar-refractivity contribution in [3.63, 3.8) is 0 Å². The van der Waals surface area contributed by atoms with Crippen LogP contribution < -0.4 is 5.73 Å². The Bertz CT molecular complexity index is 747. The fraction of sp³-hybridized carbons (Fsp3) is 0.182. The summed E-state index contributed by atoms with van der Waals surface area (Å²) in [6.07, 6.45) is 2.05. The molecule has 0 radical (unpaired) electrons. The van der Waals surface area contributed by atoms with Gasteiger partial charge in [-0.15, -0.1) is 0 Å². The van der Waals surface area contributed by atoms with Gasteiger partial charge in [0.1, 0.15) is 16.9 Å². The third kappa shape index (κ3) is 1.14. The molecule has 5 nitrogen and oxygen atoms in total. The number of aromatic nitrogens is 4. The van der Waals surface area contributed by atoms with Crippen LogP contribution in [-0.4, -0.2) is 19.7 Å². The summed E-state index contributed by atoms with van der Waals surface area (Å²) < 4.78 is 9.41. The Labute approximate surface area is 93.3 Å². The zero-order valence-electron chi connectivity index (χ0n) is 10.0. The van der Waals surface area contributed by atoms with E-state index in [9.17, 15) is 0 Å². The van der Waals surface area contributed by atoms with Crippen molar-refractivity contribution in [2.24, 2.45) is 7.05 Å². The van der Waals surface area contributed by atoms with Gasteiger partial charge in [0.05, 0.1) is 12.3 Å². The maximum absolute atomic E-state index is 7.73. The molecule has 0 fully saturated rings. The van der Waals surface area contributed by atoms with Gasteiger partial charge >= 0.3 is 0 Å². The second-order valence-corrected chi connectivity index (χ2v) is 3.85. The largest absolute Gasteiger partial charge is 0.383 e. The van der Waals surface area contributed by atoms with Crippen molar-refractivity contribution in [3.8, 4) is 0 Å². The van der Waals surface area contributed by atoms with Gasteiger partial charge in [-0.3, -0.25) is 9.67 Å². The Kier molecular flexibility index (Phi) is 1.46. The van der Waals surface area contributed by atoms with Crippen molar-refractivity contribution in [2.75, 3.05) is 5.73 Å². The zero-order chi connectivity index (χ0) is 12.2. The van der Waals surface area contributed by atoms with Crippen LogP contribution in [0.4, 0.5) is 5.82 Å². The number of nitrogen functional groups attached to an aromatic ring is 1. The normalized spacial score (nSPS) is 12.2. The lowest BCUT2D eigenvalue weighted by atomic mass is 10.2. The summed E-state index contributed by atoms with van der Waals surface area (Å²) in [5.41, 5.74) is 8.67. The maximum atomic E-state index is 7.73. The van der Waals surface area contributed by atoms with Crippen molar-refractivity contribution in [1.29, 1.82) is 0 Å². The average Bonchev–Trinajstić information content (AvgIpc) is 2.64. The minimum atomic E-state index is 0.246. The molecule has 0 aliphatic rings. The molecule has 0 unspecified atom stereocenters. The monoisotopic (exact) mass is 215 g/mol. The van der Waals surface area contributed by atoms with Gasteiger partial charge in [-0.25, -0.2) is 4.98 Å². The maximum Gasteiger partial charge on any atom is 0.135 e. The number of hydrogen-bond donors (Lipinski definition) is 1. The molecule has 0 saturated carbocycles. The lowest BCUT2D eigenvalue weighted by Gasteiger charge is -2.00. The van der Waals surface area contributed by atoms with Crippen LogP contribution >= 0.6 is 0 Å². The first-order valence-corrected chi connectivity index (χ1v) is 4.93. The van der Waals surface area contributed by atoms with Crippen molar-refractivity contribution in [3.05, 3.63) is 24.0 Å². The molecule has 3 aromatic rings. The smallest absolute Gasteiger partial charge is 0.135 e. The molecule has 0 bridgehead atoms. The minimum Gasteiger partial charge on any atom is -0.383 e. The van der Waals surface area contributed by atoms with Crippen molar-refractivity contribution in [2.45, 2.75) is 6.92 Å². The van der Waals surface area contributed by atoms with Crippen LogP contribution in [-0.2, 0) is 7.05 Å². The Balaban J connectivity index is 2.58. The van der Waals surface area contributed by atoms with E-state index in [1.807, 2.05) is 26.2 Å². The minimum absolute atomic E-state index is 0.246. The summed E-state index contributed by atoms with van der Waals surface area (Å²) in [5, 5.41) is 5.10. The first-order chi connectivity index (χ1) is 8.06. The lowest BCUT2D eigenvalue weighted by Crippen LogP contribution is -1.94. The molecule has 3 heterocycles. The zero-order valence-corrected chi connectivity index (χ0v) is 9.02. The molecule has 0 amide bonds. The molecule has 3 rings (SSSR count). The third-order valence-corrected chi connectivity index (χ3v) is 2.51. The van der Waals surface area contributed by atoms with Gasteiger partial charge in [0.15, 0.2) is 0 Å². The molecule has 0 atom stereocenters. The van der Waals surface area contributed by atoms with E-state index in [1.165, 1.54) is 0 Å². The van der Waals surface area contributed by atoms with E-state index in [-0.39, 0.29) is 6.17 Å². The van der Waals surface area contributed by atoms with E-state index >= 15 is 0 Å². The summed E-state index contributed by atoms with van der Waals surface area (Å²) >= 11 is 0. The number of nitrogens with zero attached hydrogens (tertiary/aromatic N) is 4. The summed E-state index contributed by atoms with van der Waals surface area (Å²) in [5.74, 6) is 0.444. The molecule has 0 spiro atoms. The Morgan fingerprint density at radius 1 is 1.44 bits per heavy atom. The quantitative estimate of drug-likeness (QED) is 0.615. The van der Waals surface area contributed by atoms with Crippen LogP contribution in [0.2, 0.25) is 0 Å². The van der Waals surface area contributed by atoms with Crippen LogP contribution in [0, 0.1) is 6.92 Å². The molecule has 16 heavy (non-hydrogen) atoms. The van der Waals surface area contributed by atoms with Crippen LogP contribution in [0.3, 0.4) is 0 Å². The van der Waals surface area contributed by atoms with Crippen molar-refractivity contribution >= 4 is 27.8 Å². The second kappa shape index (κ2) is 2.91. The number of rotatable bonds is 0. The topological polar surface area (TPSA) is 69.6 Å². The lowest BCUT2D eigenvalue weighted by molar-refractivity contribution is 0.780.